The Balaban J connectivity index is 1.69. The van der Waals surface area contributed by atoms with Crippen molar-refractivity contribution in [2.45, 2.75) is 71.4 Å². The highest BCUT2D eigenvalue weighted by Crippen LogP contribution is 2.37. The molecule has 2 aliphatic heterocycles. The normalized spacial score (nSPS) is 21.6. The van der Waals surface area contributed by atoms with Gasteiger partial charge in [0.1, 0.15) is 11.4 Å². The van der Waals surface area contributed by atoms with E-state index in [9.17, 15) is 14.4 Å². The molecule has 4 rings (SSSR count). The highest BCUT2D eigenvalue weighted by molar-refractivity contribution is 6.19. The van der Waals surface area contributed by atoms with Crippen molar-refractivity contribution in [3.8, 4) is 0 Å². The molecule has 0 N–H and O–H groups in total. The third-order valence-corrected chi connectivity index (χ3v) is 6.54. The molecule has 3 heterocycles. The Morgan fingerprint density at radius 3 is 2.57 bits per heavy atom. The van der Waals surface area contributed by atoms with Gasteiger partial charge in [-0.25, -0.2) is 13.9 Å². The largest absolute Gasteiger partial charge is 0.466 e. The average Bonchev–Trinajstić information content (AvgIpc) is 3.23. The molecule has 1 aromatic rings. The lowest BCUT2D eigenvalue weighted by molar-refractivity contribution is -0.683. The summed E-state index contributed by atoms with van der Waals surface area (Å²) in [4.78, 5) is 45.3. The molecule has 0 aromatic carbocycles. The Labute approximate surface area is 176 Å². The summed E-state index contributed by atoms with van der Waals surface area (Å²) in [6.07, 6.45) is 5.83. The summed E-state index contributed by atoms with van der Waals surface area (Å²) in [6, 6.07) is -0.758. The number of imidazole rings is 1. The Morgan fingerprint density at radius 2 is 1.90 bits per heavy atom. The molecule has 1 aromatic heterocycles. The van der Waals surface area contributed by atoms with Crippen LogP contribution in [0.3, 0.4) is 0 Å². The van der Waals surface area contributed by atoms with Gasteiger partial charge in [-0.3, -0.25) is 19.4 Å². The fraction of sp³-hybridized carbons (Fsp3) is 0.667. The van der Waals surface area contributed by atoms with E-state index in [0.29, 0.717) is 11.9 Å². The monoisotopic (exact) mass is 416 g/mol. The lowest BCUT2D eigenvalue weighted by Gasteiger charge is -2.33. The van der Waals surface area contributed by atoms with E-state index in [1.165, 1.54) is 24.2 Å². The maximum atomic E-state index is 13.4. The first-order valence-electron chi connectivity index (χ1n) is 10.8. The minimum absolute atomic E-state index is 0.00186. The second-order valence-corrected chi connectivity index (χ2v) is 8.26. The fourth-order valence-corrected chi connectivity index (χ4v) is 4.88. The van der Waals surface area contributed by atoms with E-state index in [4.69, 9.17) is 9.73 Å². The van der Waals surface area contributed by atoms with Crippen LogP contribution in [0.1, 0.15) is 68.9 Å². The van der Waals surface area contributed by atoms with E-state index in [1.807, 2.05) is 11.5 Å². The van der Waals surface area contributed by atoms with Crippen LogP contribution in [0.4, 0.5) is 10.7 Å². The van der Waals surface area contributed by atoms with Gasteiger partial charge in [0.05, 0.1) is 19.1 Å². The van der Waals surface area contributed by atoms with Crippen LogP contribution >= 0.6 is 0 Å². The number of carbonyl (C=O) groups excluding carboxylic acids is 3. The van der Waals surface area contributed by atoms with Crippen molar-refractivity contribution in [3.05, 3.63) is 11.4 Å². The first kappa shape index (κ1) is 20.6. The zero-order chi connectivity index (χ0) is 21.6. The van der Waals surface area contributed by atoms with Crippen molar-refractivity contribution in [2.75, 3.05) is 20.2 Å². The molecule has 0 radical (unpaired) electrons. The van der Waals surface area contributed by atoms with Crippen LogP contribution in [0.2, 0.25) is 0 Å². The van der Waals surface area contributed by atoms with Crippen molar-refractivity contribution in [1.29, 1.82) is 0 Å². The van der Waals surface area contributed by atoms with Crippen molar-refractivity contribution in [2.24, 2.45) is 4.99 Å². The SMILES string of the molecule is CCOC(=O)CCN1C(=O)C2C(=Nc3n(C4CCCCC4)c(C)c(C)[n+]32)N(C)C1=O. The number of amidine groups is 1. The van der Waals surface area contributed by atoms with Crippen molar-refractivity contribution < 1.29 is 23.7 Å². The number of ether oxygens (including phenoxy) is 1. The molecule has 9 heteroatoms. The van der Waals surface area contributed by atoms with Crippen molar-refractivity contribution in [1.82, 2.24) is 14.4 Å². The van der Waals surface area contributed by atoms with Gasteiger partial charge in [0.25, 0.3) is 5.91 Å². The Kier molecular flexibility index (Phi) is 5.38. The molecule has 0 spiro atoms. The summed E-state index contributed by atoms with van der Waals surface area (Å²) in [6.45, 7) is 6.08. The van der Waals surface area contributed by atoms with Gasteiger partial charge in [-0.15, -0.1) is 0 Å². The summed E-state index contributed by atoms with van der Waals surface area (Å²) < 4.78 is 9.16. The number of amides is 3. The zero-order valence-electron chi connectivity index (χ0n) is 18.2. The number of rotatable bonds is 5. The van der Waals surface area contributed by atoms with Gasteiger partial charge in [-0.1, -0.05) is 11.4 Å². The van der Waals surface area contributed by atoms with Crippen LogP contribution < -0.4 is 4.57 Å². The second kappa shape index (κ2) is 7.85. The minimum atomic E-state index is -0.673. The molecule has 1 atom stereocenters. The number of hydrogen-bond acceptors (Lipinski definition) is 5. The average molecular weight is 417 g/mol. The molecule has 0 bridgehead atoms. The van der Waals surface area contributed by atoms with Crippen molar-refractivity contribution >= 4 is 29.7 Å². The maximum Gasteiger partial charge on any atom is 0.402 e. The first-order chi connectivity index (χ1) is 14.4. The first-order valence-corrected chi connectivity index (χ1v) is 10.8. The number of carbonyl (C=O) groups is 3. The highest BCUT2D eigenvalue weighted by atomic mass is 16.5. The number of imide groups is 1. The van der Waals surface area contributed by atoms with Crippen LogP contribution in [0.5, 0.6) is 0 Å². The molecule has 30 heavy (non-hydrogen) atoms. The topological polar surface area (TPSA) is 88.1 Å². The molecule has 3 aliphatic rings. The summed E-state index contributed by atoms with van der Waals surface area (Å²) in [5, 5.41) is 0. The van der Waals surface area contributed by atoms with E-state index < -0.39 is 18.0 Å². The van der Waals surface area contributed by atoms with Gasteiger partial charge >= 0.3 is 17.9 Å². The molecule has 1 unspecified atom stereocenters. The van der Waals surface area contributed by atoms with E-state index in [2.05, 4.69) is 11.5 Å². The molecular formula is C21H30N5O4+. The predicted octanol–water partition coefficient (Wildman–Crippen LogP) is 2.33. The molecule has 1 saturated heterocycles. The van der Waals surface area contributed by atoms with Gasteiger partial charge in [0.15, 0.2) is 0 Å². The number of aliphatic imine (C=N–C) groups is 1. The van der Waals surface area contributed by atoms with Crippen LogP contribution in [0.15, 0.2) is 4.99 Å². The van der Waals surface area contributed by atoms with Crippen LogP contribution in [-0.2, 0) is 14.3 Å². The lowest BCUT2D eigenvalue weighted by Crippen LogP contribution is -2.63. The van der Waals surface area contributed by atoms with E-state index in [1.54, 1.807) is 14.0 Å². The lowest BCUT2D eigenvalue weighted by atomic mass is 9.95. The Hall–Kier alpha value is -2.71. The summed E-state index contributed by atoms with van der Waals surface area (Å²) in [5.74, 6) is 0.446. The minimum Gasteiger partial charge on any atom is -0.466 e. The molecule has 1 aliphatic carbocycles. The fourth-order valence-electron chi connectivity index (χ4n) is 4.88. The Bertz CT molecular complexity index is 928. The van der Waals surface area contributed by atoms with Crippen molar-refractivity contribution in [3.63, 3.8) is 0 Å². The quantitative estimate of drug-likeness (QED) is 0.544. The number of esters is 1. The molecule has 2 fully saturated rings. The summed E-state index contributed by atoms with van der Waals surface area (Å²) >= 11 is 0. The number of aromatic nitrogens is 2. The molecule has 9 nitrogen and oxygen atoms in total. The number of nitrogens with zero attached hydrogens (tertiary/aromatic N) is 5. The number of hydrogen-bond donors (Lipinski definition) is 0. The van der Waals surface area contributed by atoms with Gasteiger partial charge in [-0.05, 0) is 46.5 Å². The van der Waals surface area contributed by atoms with Gasteiger partial charge < -0.3 is 4.74 Å². The number of urea groups is 1. The molecule has 162 valence electrons. The zero-order valence-corrected chi connectivity index (χ0v) is 18.2. The standard InChI is InChI=1S/C21H30N5O4/c1-5-30-16(27)11-12-24-19(28)17-18(23(4)21(24)29)22-20-25(13(2)14(3)26(17)20)15-9-7-6-8-10-15/h15,17H,5-12H2,1-4H3/q+1. The smallest absolute Gasteiger partial charge is 0.402 e. The third-order valence-electron chi connectivity index (χ3n) is 6.54. The number of likely N-dealkylation sites (N-methyl/N-ethyl adjacent to an activating group) is 1. The van der Waals surface area contributed by atoms with E-state index >= 15 is 0 Å². The van der Waals surface area contributed by atoms with Gasteiger partial charge in [0, 0.05) is 13.6 Å². The molecule has 3 amide bonds. The number of fused-ring (bicyclic) bond motifs is 3. The van der Waals surface area contributed by atoms with Crippen LogP contribution in [0.25, 0.3) is 0 Å². The van der Waals surface area contributed by atoms with Gasteiger partial charge in [0.2, 0.25) is 11.9 Å². The van der Waals surface area contributed by atoms with Gasteiger partial charge in [-0.2, -0.15) is 0 Å². The molecular weight excluding hydrogens is 386 g/mol. The third kappa shape index (κ3) is 3.11. The Morgan fingerprint density at radius 1 is 1.20 bits per heavy atom. The highest BCUT2D eigenvalue weighted by Gasteiger charge is 2.54. The van der Waals surface area contributed by atoms with E-state index in [-0.39, 0.29) is 25.5 Å². The van der Waals surface area contributed by atoms with E-state index in [0.717, 1.165) is 35.1 Å². The maximum absolute atomic E-state index is 13.4. The summed E-state index contributed by atoms with van der Waals surface area (Å²) in [5.41, 5.74) is 2.10. The second-order valence-electron chi connectivity index (χ2n) is 8.26. The predicted molar refractivity (Wildman–Crippen MR) is 108 cm³/mol. The molecule has 1 saturated carbocycles. The van der Waals surface area contributed by atoms with Crippen LogP contribution in [0, 0.1) is 13.8 Å². The van der Waals surface area contributed by atoms with Crippen LogP contribution in [-0.4, -0.2) is 58.3 Å². The summed E-state index contributed by atoms with van der Waals surface area (Å²) in [7, 11) is 1.64.